The first kappa shape index (κ1) is 21.4. The standard InChI is InChI=1S/C24H23ClO3S/c25-19-12-14-20(15-13-19)29-23(22(26)9-4-10-24(27)28)16-11-18-7-3-6-17-5-1-2-8-21(17)18/h1-3,5-8,11-16,22-23,26H,4,9-10H2,(H,27,28)/b16-11-. The molecular weight excluding hydrogens is 404 g/mol. The van der Waals surface area contributed by atoms with Gasteiger partial charge in [-0.05, 0) is 53.4 Å². The van der Waals surface area contributed by atoms with E-state index >= 15 is 0 Å². The molecule has 2 atom stereocenters. The van der Waals surface area contributed by atoms with Gasteiger partial charge < -0.3 is 10.2 Å². The molecule has 3 nitrogen and oxygen atoms in total. The van der Waals surface area contributed by atoms with E-state index in [9.17, 15) is 9.90 Å². The van der Waals surface area contributed by atoms with Crippen molar-refractivity contribution in [3.63, 3.8) is 0 Å². The summed E-state index contributed by atoms with van der Waals surface area (Å²) in [6.07, 6.45) is 4.32. The SMILES string of the molecule is O=C(O)CCCC(O)C(/C=C\c1cccc2ccccc12)Sc1ccc(Cl)cc1. The van der Waals surface area contributed by atoms with Gasteiger partial charge >= 0.3 is 5.97 Å². The summed E-state index contributed by atoms with van der Waals surface area (Å²) in [6, 6.07) is 21.8. The van der Waals surface area contributed by atoms with Gasteiger partial charge in [-0.2, -0.15) is 0 Å². The number of aliphatic hydroxyl groups is 1. The molecule has 0 aromatic heterocycles. The van der Waals surface area contributed by atoms with Crippen LogP contribution in [0.5, 0.6) is 0 Å². The molecule has 0 spiro atoms. The summed E-state index contributed by atoms with van der Waals surface area (Å²) in [6.45, 7) is 0. The number of halogens is 1. The zero-order chi connectivity index (χ0) is 20.6. The van der Waals surface area contributed by atoms with Gasteiger partial charge in [-0.15, -0.1) is 11.8 Å². The maximum absolute atomic E-state index is 10.8. The van der Waals surface area contributed by atoms with E-state index in [-0.39, 0.29) is 11.7 Å². The van der Waals surface area contributed by atoms with E-state index in [1.54, 1.807) is 11.8 Å². The van der Waals surface area contributed by atoms with Gasteiger partial charge in [-0.3, -0.25) is 4.79 Å². The highest BCUT2D eigenvalue weighted by molar-refractivity contribution is 8.00. The minimum absolute atomic E-state index is 0.0580. The largest absolute Gasteiger partial charge is 0.481 e. The normalized spacial score (nSPS) is 13.6. The lowest BCUT2D eigenvalue weighted by atomic mass is 10.0. The highest BCUT2D eigenvalue weighted by Crippen LogP contribution is 2.30. The van der Waals surface area contributed by atoms with Crippen molar-refractivity contribution in [3.8, 4) is 0 Å². The van der Waals surface area contributed by atoms with Gasteiger partial charge in [-0.1, -0.05) is 66.2 Å². The number of aliphatic carboxylic acids is 1. The van der Waals surface area contributed by atoms with Gasteiger partial charge in [0.15, 0.2) is 0 Å². The van der Waals surface area contributed by atoms with Crippen LogP contribution in [0, 0.1) is 0 Å². The molecule has 0 heterocycles. The van der Waals surface area contributed by atoms with E-state index in [0.29, 0.717) is 17.9 Å². The van der Waals surface area contributed by atoms with E-state index in [2.05, 4.69) is 24.3 Å². The van der Waals surface area contributed by atoms with Crippen molar-refractivity contribution in [2.45, 2.75) is 35.5 Å². The Balaban J connectivity index is 1.81. The fourth-order valence-corrected chi connectivity index (χ4v) is 4.32. The molecule has 2 N–H and O–H groups in total. The molecule has 0 radical (unpaired) electrons. The monoisotopic (exact) mass is 426 g/mol. The van der Waals surface area contributed by atoms with Crippen molar-refractivity contribution in [1.82, 2.24) is 0 Å². The van der Waals surface area contributed by atoms with Crippen LogP contribution in [-0.4, -0.2) is 27.5 Å². The first-order chi connectivity index (χ1) is 14.0. The number of rotatable bonds is 9. The lowest BCUT2D eigenvalue weighted by molar-refractivity contribution is -0.137. The topological polar surface area (TPSA) is 57.5 Å². The molecule has 3 rings (SSSR count). The van der Waals surface area contributed by atoms with Gasteiger partial charge in [0.2, 0.25) is 0 Å². The number of aliphatic hydroxyl groups excluding tert-OH is 1. The molecule has 0 saturated carbocycles. The molecular formula is C24H23ClO3S. The van der Waals surface area contributed by atoms with E-state index in [0.717, 1.165) is 15.8 Å². The van der Waals surface area contributed by atoms with Crippen molar-refractivity contribution in [1.29, 1.82) is 0 Å². The van der Waals surface area contributed by atoms with Gasteiger partial charge in [0, 0.05) is 16.3 Å². The highest BCUT2D eigenvalue weighted by atomic mass is 35.5. The summed E-state index contributed by atoms with van der Waals surface area (Å²) in [4.78, 5) is 11.8. The van der Waals surface area contributed by atoms with Crippen LogP contribution in [0.15, 0.2) is 77.7 Å². The molecule has 0 aliphatic rings. The number of carboxylic acids is 1. The Morgan fingerprint density at radius 3 is 2.52 bits per heavy atom. The third-order valence-corrected chi connectivity index (χ3v) is 6.18. The maximum atomic E-state index is 10.8. The Kier molecular flexibility index (Phi) is 7.76. The first-order valence-electron chi connectivity index (χ1n) is 9.51. The summed E-state index contributed by atoms with van der Waals surface area (Å²) in [5.41, 5.74) is 1.09. The molecule has 29 heavy (non-hydrogen) atoms. The van der Waals surface area contributed by atoms with E-state index in [1.165, 1.54) is 5.39 Å². The molecule has 150 valence electrons. The second-order valence-corrected chi connectivity index (χ2v) is 8.51. The Hall–Kier alpha value is -2.27. The molecule has 3 aromatic carbocycles. The number of benzene rings is 3. The lowest BCUT2D eigenvalue weighted by Crippen LogP contribution is -2.21. The van der Waals surface area contributed by atoms with Gasteiger partial charge in [0.1, 0.15) is 0 Å². The molecule has 5 heteroatoms. The zero-order valence-electron chi connectivity index (χ0n) is 15.9. The third-order valence-electron chi connectivity index (χ3n) is 4.64. The summed E-state index contributed by atoms with van der Waals surface area (Å²) in [5.74, 6) is -0.842. The Morgan fingerprint density at radius 2 is 1.76 bits per heavy atom. The quantitative estimate of drug-likeness (QED) is 0.395. The van der Waals surface area contributed by atoms with Crippen LogP contribution in [0.25, 0.3) is 16.8 Å². The van der Waals surface area contributed by atoms with Crippen molar-refractivity contribution in [3.05, 3.63) is 83.4 Å². The van der Waals surface area contributed by atoms with Crippen LogP contribution in [0.4, 0.5) is 0 Å². The van der Waals surface area contributed by atoms with Crippen molar-refractivity contribution in [2.24, 2.45) is 0 Å². The maximum Gasteiger partial charge on any atom is 0.303 e. The summed E-state index contributed by atoms with van der Waals surface area (Å²) in [7, 11) is 0. The van der Waals surface area contributed by atoms with E-state index < -0.39 is 12.1 Å². The van der Waals surface area contributed by atoms with E-state index in [1.807, 2.05) is 54.6 Å². The second kappa shape index (κ2) is 10.5. The number of carboxylic acid groups (broad SMARTS) is 1. The van der Waals surface area contributed by atoms with Gasteiger partial charge in [-0.25, -0.2) is 0 Å². The van der Waals surface area contributed by atoms with Crippen molar-refractivity contribution < 1.29 is 15.0 Å². The fourth-order valence-electron chi connectivity index (χ4n) is 3.14. The summed E-state index contributed by atoms with van der Waals surface area (Å²) in [5, 5.41) is 22.4. The number of fused-ring (bicyclic) bond motifs is 1. The number of hydrogen-bond donors (Lipinski definition) is 2. The average molecular weight is 427 g/mol. The predicted octanol–water partition coefficient (Wildman–Crippen LogP) is 6.28. The molecule has 0 saturated heterocycles. The third kappa shape index (κ3) is 6.36. The van der Waals surface area contributed by atoms with Crippen LogP contribution < -0.4 is 0 Å². The number of carbonyl (C=O) groups is 1. The Labute approximate surface area is 180 Å². The Morgan fingerprint density at radius 1 is 1.03 bits per heavy atom. The lowest BCUT2D eigenvalue weighted by Gasteiger charge is -2.19. The summed E-state index contributed by atoms with van der Waals surface area (Å²) < 4.78 is 0. The van der Waals surface area contributed by atoms with Gasteiger partial charge in [0.25, 0.3) is 0 Å². The van der Waals surface area contributed by atoms with Crippen LogP contribution in [0.1, 0.15) is 24.8 Å². The van der Waals surface area contributed by atoms with Gasteiger partial charge in [0.05, 0.1) is 11.4 Å². The number of thioether (sulfide) groups is 1. The van der Waals surface area contributed by atoms with Crippen LogP contribution in [0.2, 0.25) is 5.02 Å². The highest BCUT2D eigenvalue weighted by Gasteiger charge is 2.18. The van der Waals surface area contributed by atoms with E-state index in [4.69, 9.17) is 16.7 Å². The minimum atomic E-state index is -0.842. The van der Waals surface area contributed by atoms with Crippen LogP contribution in [-0.2, 0) is 4.79 Å². The minimum Gasteiger partial charge on any atom is -0.481 e. The fraction of sp³-hybridized carbons (Fsp3) is 0.208. The number of hydrogen-bond acceptors (Lipinski definition) is 3. The van der Waals surface area contributed by atoms with Crippen molar-refractivity contribution >= 4 is 46.2 Å². The molecule has 0 aliphatic carbocycles. The first-order valence-corrected chi connectivity index (χ1v) is 10.8. The predicted molar refractivity (Wildman–Crippen MR) is 122 cm³/mol. The molecule has 2 unspecified atom stereocenters. The Bertz CT molecular complexity index is 980. The smallest absolute Gasteiger partial charge is 0.303 e. The molecule has 0 bridgehead atoms. The second-order valence-electron chi connectivity index (χ2n) is 6.82. The molecule has 0 aliphatic heterocycles. The van der Waals surface area contributed by atoms with Crippen LogP contribution in [0.3, 0.4) is 0 Å². The molecule has 0 amide bonds. The molecule has 0 fully saturated rings. The summed E-state index contributed by atoms with van der Waals surface area (Å²) >= 11 is 7.52. The molecule has 3 aromatic rings. The van der Waals surface area contributed by atoms with Crippen LogP contribution >= 0.6 is 23.4 Å². The zero-order valence-corrected chi connectivity index (χ0v) is 17.4. The van der Waals surface area contributed by atoms with Crippen molar-refractivity contribution in [2.75, 3.05) is 0 Å². The average Bonchev–Trinajstić information content (AvgIpc) is 2.72.